The minimum atomic E-state index is -3.70. The molecule has 160 valence electrons. The van der Waals surface area contributed by atoms with Crippen LogP contribution in [0.25, 0.3) is 0 Å². The highest BCUT2D eigenvalue weighted by Crippen LogP contribution is 2.21. The maximum absolute atomic E-state index is 12.7. The summed E-state index contributed by atoms with van der Waals surface area (Å²) in [5, 5.41) is 12.3. The van der Waals surface area contributed by atoms with E-state index in [0.29, 0.717) is 13.2 Å². The molecule has 0 aromatic heterocycles. The Morgan fingerprint density at radius 3 is 2.60 bits per heavy atom. The fourth-order valence-corrected chi connectivity index (χ4v) is 4.34. The van der Waals surface area contributed by atoms with Gasteiger partial charge in [0.2, 0.25) is 10.0 Å². The highest BCUT2D eigenvalue weighted by atomic mass is 32.2. The van der Waals surface area contributed by atoms with Gasteiger partial charge in [-0.2, -0.15) is 4.31 Å². The van der Waals surface area contributed by atoms with E-state index in [1.54, 1.807) is 13.0 Å². The summed E-state index contributed by atoms with van der Waals surface area (Å²) in [5.41, 5.74) is 0.976. The summed E-state index contributed by atoms with van der Waals surface area (Å²) < 4.78 is 36.9. The number of carbonyl (C=O) groups is 2. The molecule has 0 saturated carbocycles. The predicted octanol–water partition coefficient (Wildman–Crippen LogP) is 1.52. The topological polar surface area (TPSA) is 122 Å². The average Bonchev–Trinajstić information content (AvgIpc) is 2.73. The molecule has 3 rings (SSSR count). The molecule has 10 heteroatoms. The van der Waals surface area contributed by atoms with Crippen molar-refractivity contribution in [2.24, 2.45) is 0 Å². The molecular formula is C20H22N2O7S. The van der Waals surface area contributed by atoms with E-state index in [1.165, 1.54) is 40.7 Å². The molecular weight excluding hydrogens is 412 g/mol. The molecule has 0 aliphatic carbocycles. The third-order valence-corrected chi connectivity index (χ3v) is 6.33. The highest BCUT2D eigenvalue weighted by molar-refractivity contribution is 7.89. The largest absolute Gasteiger partial charge is 0.507 e. The lowest BCUT2D eigenvalue weighted by Crippen LogP contribution is -2.40. The SMILES string of the molecule is Cc1ccc(C(=O)OCC(=O)Nc2cccc(S(=O)(=O)N3CCOCC3)c2)c(O)c1. The Labute approximate surface area is 174 Å². The number of carbonyl (C=O) groups excluding carboxylic acids is 2. The molecule has 0 bridgehead atoms. The molecule has 9 nitrogen and oxygen atoms in total. The molecule has 2 N–H and O–H groups in total. The van der Waals surface area contributed by atoms with Crippen LogP contribution in [0.4, 0.5) is 5.69 Å². The van der Waals surface area contributed by atoms with E-state index in [-0.39, 0.29) is 35.0 Å². The fourth-order valence-electron chi connectivity index (χ4n) is 2.89. The summed E-state index contributed by atoms with van der Waals surface area (Å²) in [5.74, 6) is -1.72. The van der Waals surface area contributed by atoms with Gasteiger partial charge in [-0.1, -0.05) is 12.1 Å². The molecule has 0 atom stereocenters. The maximum Gasteiger partial charge on any atom is 0.342 e. The number of ether oxygens (including phenoxy) is 2. The highest BCUT2D eigenvalue weighted by Gasteiger charge is 2.26. The number of benzene rings is 2. The Bertz CT molecular complexity index is 1050. The molecule has 2 aromatic carbocycles. The standard InChI is InChI=1S/C20H22N2O7S/c1-14-5-6-17(18(23)11-14)20(25)29-13-19(24)21-15-3-2-4-16(12-15)30(26,27)22-7-9-28-10-8-22/h2-6,11-12,23H,7-10,13H2,1H3,(H,21,24). The summed E-state index contributed by atoms with van der Waals surface area (Å²) >= 11 is 0. The number of hydrogen-bond donors (Lipinski definition) is 2. The van der Waals surface area contributed by atoms with Gasteiger partial charge in [0.1, 0.15) is 11.3 Å². The number of anilines is 1. The van der Waals surface area contributed by atoms with Crippen LogP contribution >= 0.6 is 0 Å². The van der Waals surface area contributed by atoms with Crippen molar-refractivity contribution in [3.05, 3.63) is 53.6 Å². The summed E-state index contributed by atoms with van der Waals surface area (Å²) in [4.78, 5) is 24.2. The van der Waals surface area contributed by atoms with Gasteiger partial charge in [-0.3, -0.25) is 4.79 Å². The van der Waals surface area contributed by atoms with Crippen LogP contribution in [0.1, 0.15) is 15.9 Å². The maximum atomic E-state index is 12.7. The third kappa shape index (κ3) is 5.15. The zero-order chi connectivity index (χ0) is 21.7. The monoisotopic (exact) mass is 434 g/mol. The van der Waals surface area contributed by atoms with E-state index in [2.05, 4.69) is 5.32 Å². The van der Waals surface area contributed by atoms with Gasteiger partial charge in [-0.25, -0.2) is 13.2 Å². The van der Waals surface area contributed by atoms with Crippen LogP contribution in [0.3, 0.4) is 0 Å². The predicted molar refractivity (Wildman–Crippen MR) is 108 cm³/mol. The Morgan fingerprint density at radius 2 is 1.90 bits per heavy atom. The Kier molecular flexibility index (Phi) is 6.70. The van der Waals surface area contributed by atoms with Crippen molar-refractivity contribution in [3.8, 4) is 5.75 Å². The number of nitrogens with zero attached hydrogens (tertiary/aromatic N) is 1. The van der Waals surface area contributed by atoms with Crippen LogP contribution in [0.15, 0.2) is 47.4 Å². The molecule has 1 heterocycles. The molecule has 0 radical (unpaired) electrons. The van der Waals surface area contributed by atoms with Gasteiger partial charge in [0.05, 0.1) is 18.1 Å². The number of sulfonamides is 1. The number of aryl methyl sites for hydroxylation is 1. The lowest BCUT2D eigenvalue weighted by atomic mass is 10.1. The Hall–Kier alpha value is -2.95. The van der Waals surface area contributed by atoms with E-state index in [0.717, 1.165) is 5.56 Å². The average molecular weight is 434 g/mol. The number of aromatic hydroxyl groups is 1. The summed E-state index contributed by atoms with van der Waals surface area (Å²) in [6.07, 6.45) is 0. The van der Waals surface area contributed by atoms with Gasteiger partial charge >= 0.3 is 5.97 Å². The molecule has 1 fully saturated rings. The number of esters is 1. The Morgan fingerprint density at radius 1 is 1.17 bits per heavy atom. The first-order chi connectivity index (χ1) is 14.3. The minimum absolute atomic E-state index is 0.0452. The lowest BCUT2D eigenvalue weighted by molar-refractivity contribution is -0.119. The van der Waals surface area contributed by atoms with Crippen molar-refractivity contribution in [1.29, 1.82) is 0 Å². The van der Waals surface area contributed by atoms with Crippen molar-refractivity contribution >= 4 is 27.6 Å². The zero-order valence-corrected chi connectivity index (χ0v) is 17.1. The second kappa shape index (κ2) is 9.24. The van der Waals surface area contributed by atoms with Crippen molar-refractivity contribution < 1.29 is 32.6 Å². The fraction of sp³-hybridized carbons (Fsp3) is 0.300. The van der Waals surface area contributed by atoms with Crippen LogP contribution in [-0.4, -0.2) is 62.6 Å². The number of amides is 1. The van der Waals surface area contributed by atoms with E-state index in [4.69, 9.17) is 9.47 Å². The third-order valence-electron chi connectivity index (χ3n) is 4.43. The lowest BCUT2D eigenvalue weighted by Gasteiger charge is -2.26. The second-order valence-corrected chi connectivity index (χ2v) is 8.63. The number of nitrogens with one attached hydrogen (secondary N) is 1. The van der Waals surface area contributed by atoms with Crippen molar-refractivity contribution in [2.75, 3.05) is 38.2 Å². The molecule has 1 aliphatic rings. The number of morpholine rings is 1. The van der Waals surface area contributed by atoms with Crippen molar-refractivity contribution in [1.82, 2.24) is 4.31 Å². The van der Waals surface area contributed by atoms with Gasteiger partial charge in [-0.05, 0) is 42.8 Å². The number of rotatable bonds is 6. The molecule has 0 spiro atoms. The second-order valence-electron chi connectivity index (χ2n) is 6.69. The molecule has 1 saturated heterocycles. The van der Waals surface area contributed by atoms with E-state index < -0.39 is 28.5 Å². The normalized spacial score (nSPS) is 14.8. The van der Waals surface area contributed by atoms with E-state index in [1.807, 2.05) is 0 Å². The Balaban J connectivity index is 1.61. The van der Waals surface area contributed by atoms with Crippen molar-refractivity contribution in [2.45, 2.75) is 11.8 Å². The smallest absolute Gasteiger partial charge is 0.342 e. The summed E-state index contributed by atoms with van der Waals surface area (Å²) in [7, 11) is -3.70. The van der Waals surface area contributed by atoms with Crippen LogP contribution < -0.4 is 5.32 Å². The first kappa shape index (κ1) is 21.8. The molecule has 1 amide bonds. The van der Waals surface area contributed by atoms with Crippen LogP contribution in [0.5, 0.6) is 5.75 Å². The molecule has 2 aromatic rings. The first-order valence-corrected chi connectivity index (χ1v) is 10.7. The number of phenols is 1. The zero-order valence-electron chi connectivity index (χ0n) is 16.3. The quantitative estimate of drug-likeness (QED) is 0.661. The molecule has 1 aliphatic heterocycles. The number of phenolic OH excluding ortho intramolecular Hbond substituents is 1. The van der Waals surface area contributed by atoms with Gasteiger partial charge < -0.3 is 19.9 Å². The molecule has 0 unspecified atom stereocenters. The van der Waals surface area contributed by atoms with E-state index in [9.17, 15) is 23.1 Å². The summed E-state index contributed by atoms with van der Waals surface area (Å²) in [6.45, 7) is 2.36. The minimum Gasteiger partial charge on any atom is -0.507 e. The number of hydrogen-bond acceptors (Lipinski definition) is 7. The van der Waals surface area contributed by atoms with E-state index >= 15 is 0 Å². The van der Waals surface area contributed by atoms with Gasteiger partial charge in [0.15, 0.2) is 6.61 Å². The first-order valence-electron chi connectivity index (χ1n) is 9.22. The van der Waals surface area contributed by atoms with Crippen LogP contribution in [-0.2, 0) is 24.3 Å². The van der Waals surface area contributed by atoms with Crippen LogP contribution in [0, 0.1) is 6.92 Å². The molecule has 30 heavy (non-hydrogen) atoms. The van der Waals surface area contributed by atoms with Gasteiger partial charge in [-0.15, -0.1) is 0 Å². The summed E-state index contributed by atoms with van der Waals surface area (Å²) in [6, 6.07) is 10.3. The van der Waals surface area contributed by atoms with Crippen LogP contribution in [0.2, 0.25) is 0 Å². The van der Waals surface area contributed by atoms with Crippen molar-refractivity contribution in [3.63, 3.8) is 0 Å². The van der Waals surface area contributed by atoms with Gasteiger partial charge in [0.25, 0.3) is 5.91 Å². The van der Waals surface area contributed by atoms with Gasteiger partial charge in [0, 0.05) is 18.8 Å².